The van der Waals surface area contributed by atoms with Gasteiger partial charge in [-0.25, -0.2) is 0 Å². The van der Waals surface area contributed by atoms with E-state index in [0.717, 1.165) is 65.2 Å². The summed E-state index contributed by atoms with van der Waals surface area (Å²) in [6.07, 6.45) is 3.16. The SMILES string of the molecule is CCOCCCN1CCC(NC(=O)C2CCNC2)C(C)C1.Cl.Cl. The minimum atomic E-state index is 0. The molecule has 0 aromatic rings. The van der Waals surface area contributed by atoms with E-state index in [1.165, 1.54) is 0 Å². The molecule has 0 aromatic carbocycles. The number of piperidine rings is 1. The number of nitrogens with one attached hydrogen (secondary N) is 2. The van der Waals surface area contributed by atoms with Gasteiger partial charge >= 0.3 is 0 Å². The zero-order valence-corrected chi connectivity index (χ0v) is 16.0. The van der Waals surface area contributed by atoms with Crippen molar-refractivity contribution in [2.75, 3.05) is 45.9 Å². The van der Waals surface area contributed by atoms with E-state index in [1.54, 1.807) is 0 Å². The zero-order chi connectivity index (χ0) is 15.1. The van der Waals surface area contributed by atoms with Crippen LogP contribution in [0.3, 0.4) is 0 Å². The number of amides is 1. The number of likely N-dealkylation sites (tertiary alicyclic amines) is 1. The lowest BCUT2D eigenvalue weighted by atomic mass is 9.93. The van der Waals surface area contributed by atoms with Crippen molar-refractivity contribution < 1.29 is 9.53 Å². The van der Waals surface area contributed by atoms with Gasteiger partial charge in [-0.1, -0.05) is 6.92 Å². The van der Waals surface area contributed by atoms with Crippen LogP contribution < -0.4 is 10.6 Å². The first kappa shape index (κ1) is 22.9. The molecule has 2 N–H and O–H groups in total. The fourth-order valence-electron chi connectivity index (χ4n) is 3.36. The molecule has 0 spiro atoms. The van der Waals surface area contributed by atoms with Gasteiger partial charge in [-0.2, -0.15) is 0 Å². The summed E-state index contributed by atoms with van der Waals surface area (Å²) in [5, 5.41) is 6.54. The minimum Gasteiger partial charge on any atom is -0.382 e. The molecule has 2 saturated heterocycles. The molecular weight excluding hydrogens is 337 g/mol. The maximum Gasteiger partial charge on any atom is 0.224 e. The van der Waals surface area contributed by atoms with Crippen molar-refractivity contribution in [1.82, 2.24) is 15.5 Å². The molecular formula is C16H33Cl2N3O2. The number of hydrogen-bond donors (Lipinski definition) is 2. The van der Waals surface area contributed by atoms with Crippen LogP contribution >= 0.6 is 24.8 Å². The van der Waals surface area contributed by atoms with E-state index in [4.69, 9.17) is 4.74 Å². The van der Waals surface area contributed by atoms with E-state index in [0.29, 0.717) is 12.0 Å². The second-order valence-electron chi connectivity index (χ2n) is 6.42. The van der Waals surface area contributed by atoms with Gasteiger partial charge in [0.15, 0.2) is 0 Å². The van der Waals surface area contributed by atoms with Gasteiger partial charge in [-0.15, -0.1) is 24.8 Å². The third-order valence-electron chi connectivity index (χ3n) is 4.72. The molecule has 0 aromatic heterocycles. The highest BCUT2D eigenvalue weighted by atomic mass is 35.5. The highest BCUT2D eigenvalue weighted by Crippen LogP contribution is 2.18. The van der Waals surface area contributed by atoms with E-state index in [1.807, 2.05) is 6.92 Å². The van der Waals surface area contributed by atoms with Crippen LogP contribution in [0.5, 0.6) is 0 Å². The van der Waals surface area contributed by atoms with Crippen LogP contribution in [0.1, 0.15) is 33.1 Å². The Bertz CT molecular complexity index is 328. The molecule has 138 valence electrons. The summed E-state index contributed by atoms with van der Waals surface area (Å²) in [5.74, 6) is 0.965. The monoisotopic (exact) mass is 369 g/mol. The lowest BCUT2D eigenvalue weighted by Gasteiger charge is -2.37. The fraction of sp³-hybridized carbons (Fsp3) is 0.938. The van der Waals surface area contributed by atoms with Crippen molar-refractivity contribution >= 4 is 30.7 Å². The lowest BCUT2D eigenvalue weighted by molar-refractivity contribution is -0.125. The van der Waals surface area contributed by atoms with Crippen LogP contribution in [0, 0.1) is 11.8 Å². The topological polar surface area (TPSA) is 53.6 Å². The molecule has 0 aliphatic carbocycles. The van der Waals surface area contributed by atoms with E-state index in [-0.39, 0.29) is 36.6 Å². The van der Waals surface area contributed by atoms with Crippen LogP contribution in [0.2, 0.25) is 0 Å². The van der Waals surface area contributed by atoms with Gasteiger partial charge in [0.2, 0.25) is 5.91 Å². The summed E-state index contributed by atoms with van der Waals surface area (Å²) in [4.78, 5) is 14.7. The van der Waals surface area contributed by atoms with Crippen molar-refractivity contribution in [1.29, 1.82) is 0 Å². The molecule has 2 heterocycles. The summed E-state index contributed by atoms with van der Waals surface area (Å²) in [6.45, 7) is 11.1. The Hall–Kier alpha value is -0.0700. The van der Waals surface area contributed by atoms with Crippen molar-refractivity contribution in [3.05, 3.63) is 0 Å². The summed E-state index contributed by atoms with van der Waals surface area (Å²) >= 11 is 0. The van der Waals surface area contributed by atoms with E-state index < -0.39 is 0 Å². The Morgan fingerprint density at radius 2 is 2.13 bits per heavy atom. The molecule has 2 aliphatic heterocycles. The molecule has 5 nitrogen and oxygen atoms in total. The number of halogens is 2. The molecule has 2 fully saturated rings. The van der Waals surface area contributed by atoms with Crippen LogP contribution in [-0.4, -0.2) is 62.8 Å². The number of rotatable bonds is 7. The third kappa shape index (κ3) is 7.57. The molecule has 2 aliphatic rings. The normalized spacial score (nSPS) is 27.8. The Kier molecular flexibility index (Phi) is 12.3. The fourth-order valence-corrected chi connectivity index (χ4v) is 3.36. The lowest BCUT2D eigenvalue weighted by Crippen LogP contribution is -2.51. The standard InChI is InChI=1S/C16H31N3O2.2ClH/c1-3-21-10-4-8-19-9-6-15(13(2)12-19)18-16(20)14-5-7-17-11-14;;/h13-15,17H,3-12H2,1-2H3,(H,18,20);2*1H. The van der Waals surface area contributed by atoms with Crippen LogP contribution in [-0.2, 0) is 9.53 Å². The van der Waals surface area contributed by atoms with Crippen molar-refractivity contribution in [3.8, 4) is 0 Å². The van der Waals surface area contributed by atoms with Gasteiger partial charge in [0, 0.05) is 45.4 Å². The maximum absolute atomic E-state index is 12.2. The van der Waals surface area contributed by atoms with E-state index in [9.17, 15) is 4.79 Å². The molecule has 2 rings (SSSR count). The second kappa shape index (κ2) is 12.3. The Morgan fingerprint density at radius 3 is 2.74 bits per heavy atom. The second-order valence-corrected chi connectivity index (χ2v) is 6.42. The van der Waals surface area contributed by atoms with Crippen LogP contribution in [0.25, 0.3) is 0 Å². The predicted octanol–water partition coefficient (Wildman–Crippen LogP) is 1.69. The number of nitrogens with zero attached hydrogens (tertiary/aromatic N) is 1. The molecule has 7 heteroatoms. The number of carbonyl (C=O) groups excluding carboxylic acids is 1. The number of ether oxygens (including phenoxy) is 1. The molecule has 0 radical (unpaired) electrons. The van der Waals surface area contributed by atoms with Gasteiger partial charge in [0.05, 0.1) is 5.92 Å². The minimum absolute atomic E-state index is 0. The highest BCUT2D eigenvalue weighted by Gasteiger charge is 2.30. The number of carbonyl (C=O) groups is 1. The quantitative estimate of drug-likeness (QED) is 0.670. The first-order valence-corrected chi connectivity index (χ1v) is 8.52. The predicted molar refractivity (Wildman–Crippen MR) is 98.7 cm³/mol. The summed E-state index contributed by atoms with van der Waals surface area (Å²) in [7, 11) is 0. The van der Waals surface area contributed by atoms with E-state index in [2.05, 4.69) is 22.5 Å². The van der Waals surface area contributed by atoms with Crippen molar-refractivity contribution in [3.63, 3.8) is 0 Å². The average molecular weight is 370 g/mol. The molecule has 0 saturated carbocycles. The largest absolute Gasteiger partial charge is 0.382 e. The first-order valence-electron chi connectivity index (χ1n) is 8.52. The van der Waals surface area contributed by atoms with Gasteiger partial charge in [-0.3, -0.25) is 4.79 Å². The van der Waals surface area contributed by atoms with Gasteiger partial charge in [-0.05, 0) is 38.6 Å². The maximum atomic E-state index is 12.2. The van der Waals surface area contributed by atoms with E-state index >= 15 is 0 Å². The summed E-state index contributed by atoms with van der Waals surface area (Å²) < 4.78 is 5.39. The van der Waals surface area contributed by atoms with Crippen LogP contribution in [0.15, 0.2) is 0 Å². The highest BCUT2D eigenvalue weighted by molar-refractivity contribution is 5.85. The van der Waals surface area contributed by atoms with Gasteiger partial charge in [0.25, 0.3) is 0 Å². The smallest absolute Gasteiger partial charge is 0.224 e. The Labute approximate surface area is 153 Å². The molecule has 0 bridgehead atoms. The van der Waals surface area contributed by atoms with Crippen LogP contribution in [0.4, 0.5) is 0 Å². The van der Waals surface area contributed by atoms with Gasteiger partial charge < -0.3 is 20.3 Å². The zero-order valence-electron chi connectivity index (χ0n) is 14.4. The summed E-state index contributed by atoms with van der Waals surface area (Å²) in [5.41, 5.74) is 0. The van der Waals surface area contributed by atoms with Crippen molar-refractivity contribution in [2.45, 2.75) is 39.2 Å². The molecule has 23 heavy (non-hydrogen) atoms. The number of hydrogen-bond acceptors (Lipinski definition) is 4. The average Bonchev–Trinajstić information content (AvgIpc) is 3.00. The molecule has 3 atom stereocenters. The van der Waals surface area contributed by atoms with Crippen molar-refractivity contribution in [2.24, 2.45) is 11.8 Å². The molecule has 3 unspecified atom stereocenters. The first-order chi connectivity index (χ1) is 10.2. The van der Waals surface area contributed by atoms with Gasteiger partial charge in [0.1, 0.15) is 0 Å². The third-order valence-corrected chi connectivity index (χ3v) is 4.72. The Morgan fingerprint density at radius 1 is 1.35 bits per heavy atom. The summed E-state index contributed by atoms with van der Waals surface area (Å²) in [6, 6.07) is 0.348. The Balaban J connectivity index is 0.00000242. The molecule has 1 amide bonds.